The molecule has 0 radical (unpaired) electrons. The van der Waals surface area contributed by atoms with Crippen LogP contribution in [-0.4, -0.2) is 85.2 Å². The van der Waals surface area contributed by atoms with Gasteiger partial charge in [0.2, 0.25) is 0 Å². The summed E-state index contributed by atoms with van der Waals surface area (Å²) in [6.45, 7) is 14.3. The quantitative estimate of drug-likeness (QED) is 0.0282. The fourth-order valence-electron chi connectivity index (χ4n) is 8.41. The Hall–Kier alpha value is -0.553. The van der Waals surface area contributed by atoms with Crippen molar-refractivity contribution in [2.45, 2.75) is 200 Å². The summed E-state index contributed by atoms with van der Waals surface area (Å²) in [6.07, 6.45) is 29.4. The van der Waals surface area contributed by atoms with Gasteiger partial charge < -0.3 is 14.1 Å². The van der Waals surface area contributed by atoms with Gasteiger partial charge in [-0.1, -0.05) is 172 Å². The molecule has 0 aliphatic rings. The van der Waals surface area contributed by atoms with Crippen LogP contribution in [0.15, 0.2) is 60.7 Å². The lowest BCUT2D eigenvalue weighted by Gasteiger charge is -2.43. The summed E-state index contributed by atoms with van der Waals surface area (Å²) in [6, 6.07) is 21.9. The number of benzene rings is 2. The highest BCUT2D eigenvalue weighted by atomic mass is 32.2. The number of thioether (sulfide) groups is 4. The van der Waals surface area contributed by atoms with Gasteiger partial charge in [0.25, 0.3) is 8.32 Å². The molecule has 0 aliphatic heterocycles. The molecule has 0 heterocycles. The van der Waals surface area contributed by atoms with E-state index in [2.05, 4.69) is 154 Å². The normalized spacial score (nSPS) is 12.2. The monoisotopic (exact) mass is 962 g/mol. The molecule has 0 unspecified atom stereocenters. The molecule has 2 aromatic carbocycles. The summed E-state index contributed by atoms with van der Waals surface area (Å²) in [5.74, 6) is 5.29. The molecule has 0 N–H and O–H groups in total. The van der Waals surface area contributed by atoms with Crippen LogP contribution in [0.1, 0.15) is 189 Å². The predicted octanol–water partition coefficient (Wildman–Crippen LogP) is 15.7. The summed E-state index contributed by atoms with van der Waals surface area (Å²) < 4.78 is 13.3. The van der Waals surface area contributed by atoms with E-state index in [4.69, 9.17) is 9.16 Å². The van der Waals surface area contributed by atoms with Crippen LogP contribution in [0.5, 0.6) is 0 Å². The van der Waals surface area contributed by atoms with Crippen LogP contribution < -0.4 is 10.4 Å². The Labute approximate surface area is 408 Å². The predicted molar refractivity (Wildman–Crippen MR) is 293 cm³/mol. The maximum absolute atomic E-state index is 13.2. The van der Waals surface area contributed by atoms with Gasteiger partial charge in [-0.25, -0.2) is 0 Å². The van der Waals surface area contributed by atoms with Gasteiger partial charge in [0.05, 0.1) is 0 Å². The van der Waals surface area contributed by atoms with E-state index in [1.54, 1.807) is 0 Å². The van der Waals surface area contributed by atoms with Crippen LogP contribution in [0.4, 0.5) is 0 Å². The Morgan fingerprint density at radius 1 is 0.556 bits per heavy atom. The van der Waals surface area contributed by atoms with E-state index in [1.165, 1.54) is 159 Å². The maximum Gasteiger partial charge on any atom is 0.306 e. The fourth-order valence-corrected chi connectivity index (χ4v) is 17.5. The first kappa shape index (κ1) is 58.6. The lowest BCUT2D eigenvalue weighted by Crippen LogP contribution is -2.66. The van der Waals surface area contributed by atoms with Gasteiger partial charge in [-0.05, 0) is 129 Å². The first-order valence-electron chi connectivity index (χ1n) is 25.7. The topological polar surface area (TPSA) is 38.8 Å². The van der Waals surface area contributed by atoms with Gasteiger partial charge in [-0.3, -0.25) is 4.79 Å². The van der Waals surface area contributed by atoms with Gasteiger partial charge in [0, 0.05) is 23.2 Å². The zero-order valence-electron chi connectivity index (χ0n) is 41.5. The maximum atomic E-state index is 13.2. The zero-order chi connectivity index (χ0) is 45.5. The minimum absolute atomic E-state index is 0.00384. The zero-order valence-corrected chi connectivity index (χ0v) is 45.8. The van der Waals surface area contributed by atoms with E-state index in [0.29, 0.717) is 6.42 Å². The van der Waals surface area contributed by atoms with Gasteiger partial charge in [0.15, 0.2) is 0 Å². The van der Waals surface area contributed by atoms with Crippen LogP contribution in [0.2, 0.25) is 5.04 Å². The van der Waals surface area contributed by atoms with Crippen molar-refractivity contribution in [2.75, 3.05) is 59.9 Å². The lowest BCUT2D eigenvalue weighted by molar-refractivity contribution is -0.150. The second-order valence-corrected chi connectivity index (χ2v) is 28.3. The van der Waals surface area contributed by atoms with E-state index in [9.17, 15) is 4.79 Å². The van der Waals surface area contributed by atoms with Gasteiger partial charge in [-0.15, -0.1) is 0 Å². The van der Waals surface area contributed by atoms with E-state index < -0.39 is 8.32 Å². The van der Waals surface area contributed by atoms with Crippen molar-refractivity contribution < 1.29 is 14.0 Å². The van der Waals surface area contributed by atoms with Crippen molar-refractivity contribution in [3.8, 4) is 0 Å². The lowest BCUT2D eigenvalue weighted by atomic mass is 10.0. The smallest absolute Gasteiger partial charge is 0.306 e. The summed E-state index contributed by atoms with van der Waals surface area (Å²) in [5.41, 5.74) is 0. The minimum atomic E-state index is -2.49. The van der Waals surface area contributed by atoms with E-state index in [1.807, 2.05) is 0 Å². The second-order valence-electron chi connectivity index (χ2n) is 18.8. The molecule has 0 saturated carbocycles. The van der Waals surface area contributed by atoms with Crippen molar-refractivity contribution in [2.24, 2.45) is 0 Å². The Morgan fingerprint density at radius 3 is 1.41 bits per heavy atom. The van der Waals surface area contributed by atoms with Crippen molar-refractivity contribution in [3.63, 3.8) is 0 Å². The first-order valence-corrected chi connectivity index (χ1v) is 32.2. The molecule has 4 nitrogen and oxygen atoms in total. The van der Waals surface area contributed by atoms with Crippen LogP contribution in [-0.2, 0) is 14.0 Å². The molecule has 0 aromatic heterocycles. The highest BCUT2D eigenvalue weighted by Gasteiger charge is 2.49. The van der Waals surface area contributed by atoms with Crippen molar-refractivity contribution in [3.05, 3.63) is 60.7 Å². The number of nitrogens with zero attached hydrogens (tertiary/aromatic N) is 1. The largest absolute Gasteiger partial charge is 0.462 e. The van der Waals surface area contributed by atoms with Crippen LogP contribution in [0.3, 0.4) is 0 Å². The van der Waals surface area contributed by atoms with E-state index in [0.717, 1.165) is 51.8 Å². The Balaban J connectivity index is 1.70. The fraction of sp³-hybridized carbons (Fsp3) is 0.759. The molecule has 9 heteroatoms. The van der Waals surface area contributed by atoms with Gasteiger partial charge in [0.1, 0.15) is 6.10 Å². The van der Waals surface area contributed by atoms with Crippen molar-refractivity contribution in [1.29, 1.82) is 0 Å². The molecule has 0 fully saturated rings. The molecule has 0 spiro atoms. The Bertz CT molecular complexity index is 1250. The number of hydrogen-bond donors (Lipinski definition) is 0. The number of esters is 1. The third-order valence-electron chi connectivity index (χ3n) is 12.1. The third kappa shape index (κ3) is 28.4. The second kappa shape index (κ2) is 39.4. The molecular weight excluding hydrogens is 867 g/mol. The van der Waals surface area contributed by atoms with Gasteiger partial charge in [-0.2, -0.15) is 47.0 Å². The van der Waals surface area contributed by atoms with Crippen LogP contribution in [0, 0.1) is 0 Å². The van der Waals surface area contributed by atoms with E-state index in [-0.39, 0.29) is 17.1 Å². The van der Waals surface area contributed by atoms with Crippen LogP contribution in [0.25, 0.3) is 0 Å². The molecule has 0 aliphatic carbocycles. The standard InChI is InChI=1S/C54H95NO3S4Si/c1-7-9-29-44-59-48-61-46-31-17-13-11-15-21-34-50(35-22-16-12-14-18-32-47-62-49-60-45-30-10-8-2)58-53(56)40-33-42-55(6)41-27-28-43-57-63(54(3,4)5,51-36-23-19-24-37-51)52-38-25-20-26-39-52/h19-20,23-26,36-39,50H,7-18,21-22,27-35,40-49H2,1-6H3. The molecule has 2 rings (SSSR count). The highest BCUT2D eigenvalue weighted by Crippen LogP contribution is 2.37. The average molecular weight is 963 g/mol. The molecule has 0 bridgehead atoms. The molecular formula is C54H95NO3S4Si. The summed E-state index contributed by atoms with van der Waals surface area (Å²) in [4.78, 5) is 15.6. The SMILES string of the molecule is CCCCCSCSCCCCCCCCC(CCCCCCCCSCSCCCCC)OC(=O)CCCN(C)CCCCO[Si](c1ccccc1)(c1ccccc1)C(C)(C)C. The molecule has 2 aromatic rings. The average Bonchev–Trinajstić information content (AvgIpc) is 3.27. The van der Waals surface area contributed by atoms with Crippen molar-refractivity contribution in [1.82, 2.24) is 4.90 Å². The molecule has 0 atom stereocenters. The number of rotatable bonds is 43. The number of ether oxygens (including phenoxy) is 1. The number of unbranched alkanes of at least 4 members (excludes halogenated alkanes) is 15. The first-order chi connectivity index (χ1) is 30.7. The number of carbonyl (C=O) groups excluding carboxylic acids is 1. The molecule has 63 heavy (non-hydrogen) atoms. The number of hydrogen-bond acceptors (Lipinski definition) is 8. The highest BCUT2D eigenvalue weighted by molar-refractivity contribution is 8.16. The van der Waals surface area contributed by atoms with Crippen LogP contribution >= 0.6 is 47.0 Å². The van der Waals surface area contributed by atoms with Gasteiger partial charge >= 0.3 is 5.97 Å². The van der Waals surface area contributed by atoms with E-state index >= 15 is 0 Å². The number of carbonyl (C=O) groups is 1. The molecule has 0 saturated heterocycles. The minimum Gasteiger partial charge on any atom is -0.462 e. The molecule has 0 amide bonds. The third-order valence-corrected chi connectivity index (χ3v) is 22.2. The summed E-state index contributed by atoms with van der Waals surface area (Å²) in [7, 11) is -0.301. The Kier molecular flexibility index (Phi) is 36.7. The van der Waals surface area contributed by atoms with Crippen molar-refractivity contribution >= 4 is 71.7 Å². The summed E-state index contributed by atoms with van der Waals surface area (Å²) in [5, 5.41) is 5.20. The Morgan fingerprint density at radius 2 is 0.968 bits per heavy atom. The summed E-state index contributed by atoms with van der Waals surface area (Å²) >= 11 is 8.49. The molecule has 362 valence electrons.